The van der Waals surface area contributed by atoms with Crippen LogP contribution in [0.25, 0.3) is 11.9 Å². The van der Waals surface area contributed by atoms with E-state index in [0.29, 0.717) is 0 Å². The summed E-state index contributed by atoms with van der Waals surface area (Å²) in [7, 11) is 0. The molecule has 0 saturated heterocycles. The molecule has 0 unspecified atom stereocenters. The van der Waals surface area contributed by atoms with Gasteiger partial charge in [0.1, 0.15) is 21.9 Å². The topological polar surface area (TPSA) is 121 Å². The molecule has 6 nitrogen and oxygen atoms in total. The first-order valence-electron chi connectivity index (χ1n) is 3.50. The number of aliphatic hydroxyl groups excluding tert-OH is 2. The molecule has 0 fully saturated rings. The van der Waals surface area contributed by atoms with Crippen molar-refractivity contribution in [3.05, 3.63) is 22.6 Å². The smallest absolute Gasteiger partial charge is 0.286 e. The number of hydrogen-bond donors (Lipinski definition) is 6. The average Bonchev–Trinajstić information content (AvgIpc) is 2.07. The minimum absolute atomic E-state index is 0.599. The SMILES string of the molecule is OC(O)=c1c(O)ccc(O)c1=C(O)O. The monoisotopic (exact) mass is 200 g/mol. The van der Waals surface area contributed by atoms with Gasteiger partial charge in [0.15, 0.2) is 0 Å². The molecule has 6 heteroatoms. The summed E-state index contributed by atoms with van der Waals surface area (Å²) in [6.07, 6.45) is 0. The molecule has 0 amide bonds. The fourth-order valence-corrected chi connectivity index (χ4v) is 1.03. The third-order valence-electron chi connectivity index (χ3n) is 1.61. The summed E-state index contributed by atoms with van der Waals surface area (Å²) in [6.45, 7) is 0. The Morgan fingerprint density at radius 3 is 1.21 bits per heavy atom. The minimum Gasteiger partial charge on any atom is -0.507 e. The minimum atomic E-state index is -1.32. The highest BCUT2D eigenvalue weighted by Gasteiger charge is 2.08. The molecule has 0 atom stereocenters. The zero-order valence-corrected chi connectivity index (χ0v) is 6.84. The van der Waals surface area contributed by atoms with Gasteiger partial charge in [-0.05, 0) is 12.1 Å². The van der Waals surface area contributed by atoms with E-state index in [-0.39, 0.29) is 0 Å². The Morgan fingerprint density at radius 2 is 1.00 bits per heavy atom. The van der Waals surface area contributed by atoms with E-state index < -0.39 is 33.8 Å². The highest BCUT2D eigenvalue weighted by Crippen LogP contribution is 2.05. The van der Waals surface area contributed by atoms with Crippen molar-refractivity contribution in [2.45, 2.75) is 0 Å². The Hall–Kier alpha value is -2.24. The first kappa shape index (κ1) is 9.85. The number of phenols is 2. The van der Waals surface area contributed by atoms with E-state index in [1.807, 2.05) is 0 Å². The predicted molar refractivity (Wildman–Crippen MR) is 46.4 cm³/mol. The van der Waals surface area contributed by atoms with Crippen molar-refractivity contribution in [1.29, 1.82) is 0 Å². The maximum Gasteiger partial charge on any atom is 0.286 e. The predicted octanol–water partition coefficient (Wildman–Crippen LogP) is -0.539. The fourth-order valence-electron chi connectivity index (χ4n) is 1.03. The molecular formula is C8H8O6. The van der Waals surface area contributed by atoms with E-state index in [4.69, 9.17) is 30.6 Å². The lowest BCUT2D eigenvalue weighted by Crippen LogP contribution is -2.30. The van der Waals surface area contributed by atoms with E-state index in [9.17, 15) is 0 Å². The van der Waals surface area contributed by atoms with Gasteiger partial charge >= 0.3 is 0 Å². The number of hydrogen-bond acceptors (Lipinski definition) is 6. The van der Waals surface area contributed by atoms with Crippen molar-refractivity contribution in [3.63, 3.8) is 0 Å². The van der Waals surface area contributed by atoms with E-state index in [0.717, 1.165) is 12.1 Å². The third kappa shape index (κ3) is 1.45. The second-order valence-electron chi connectivity index (χ2n) is 2.50. The fraction of sp³-hybridized carbons (Fsp3) is 0. The number of benzene rings is 1. The summed E-state index contributed by atoms with van der Waals surface area (Å²) in [5.41, 5.74) is 0. The van der Waals surface area contributed by atoms with Crippen LogP contribution in [0.15, 0.2) is 12.1 Å². The zero-order valence-electron chi connectivity index (χ0n) is 6.84. The highest BCUT2D eigenvalue weighted by molar-refractivity contribution is 5.45. The summed E-state index contributed by atoms with van der Waals surface area (Å²) in [4.78, 5) is 0. The largest absolute Gasteiger partial charge is 0.507 e. The summed E-state index contributed by atoms with van der Waals surface area (Å²) < 4.78 is 0. The molecule has 1 aromatic carbocycles. The molecular weight excluding hydrogens is 192 g/mol. The molecule has 0 spiro atoms. The van der Waals surface area contributed by atoms with Crippen LogP contribution in [0.5, 0.6) is 11.5 Å². The van der Waals surface area contributed by atoms with Crippen molar-refractivity contribution in [2.24, 2.45) is 0 Å². The molecule has 1 aromatic rings. The van der Waals surface area contributed by atoms with Gasteiger partial charge < -0.3 is 30.6 Å². The number of rotatable bonds is 0. The second-order valence-corrected chi connectivity index (χ2v) is 2.50. The Bertz CT molecular complexity index is 422. The number of aliphatic hydroxyl groups is 4. The Kier molecular flexibility index (Phi) is 2.29. The van der Waals surface area contributed by atoms with Crippen LogP contribution in [0.4, 0.5) is 0 Å². The van der Waals surface area contributed by atoms with Gasteiger partial charge in [0.05, 0.1) is 0 Å². The van der Waals surface area contributed by atoms with E-state index in [1.54, 1.807) is 0 Å². The van der Waals surface area contributed by atoms with E-state index >= 15 is 0 Å². The molecule has 0 aliphatic rings. The van der Waals surface area contributed by atoms with Crippen molar-refractivity contribution in [1.82, 2.24) is 0 Å². The molecule has 6 N–H and O–H groups in total. The number of phenolic OH excluding ortho intramolecular Hbond substituents is 2. The highest BCUT2D eigenvalue weighted by atomic mass is 16.5. The van der Waals surface area contributed by atoms with Crippen LogP contribution in [0.3, 0.4) is 0 Å². The molecule has 0 heterocycles. The van der Waals surface area contributed by atoms with Crippen LogP contribution in [0.2, 0.25) is 0 Å². The van der Waals surface area contributed by atoms with Gasteiger partial charge in [0.25, 0.3) is 11.9 Å². The van der Waals surface area contributed by atoms with Crippen LogP contribution < -0.4 is 10.4 Å². The van der Waals surface area contributed by atoms with Gasteiger partial charge in [-0.1, -0.05) is 0 Å². The molecule has 0 aliphatic heterocycles. The summed E-state index contributed by atoms with van der Waals surface area (Å²) >= 11 is 0. The van der Waals surface area contributed by atoms with E-state index in [2.05, 4.69) is 0 Å². The van der Waals surface area contributed by atoms with Crippen molar-refractivity contribution in [3.8, 4) is 11.5 Å². The molecule has 0 bridgehead atoms. The van der Waals surface area contributed by atoms with E-state index in [1.165, 1.54) is 0 Å². The van der Waals surface area contributed by atoms with Crippen LogP contribution in [-0.2, 0) is 0 Å². The maximum absolute atomic E-state index is 9.15. The van der Waals surface area contributed by atoms with Crippen LogP contribution in [-0.4, -0.2) is 30.6 Å². The lowest BCUT2D eigenvalue weighted by molar-refractivity contribution is 0.284. The normalized spacial score (nSPS) is 9.71. The standard InChI is InChI=1S/C8H8O6/c9-3-1-2-4(10)6(8(13)14)5(3)7(11)12/h1-2,9-14H. The second kappa shape index (κ2) is 3.25. The molecule has 0 aromatic heterocycles. The Morgan fingerprint density at radius 1 is 0.714 bits per heavy atom. The molecule has 1 rings (SSSR count). The van der Waals surface area contributed by atoms with Crippen molar-refractivity contribution in [2.75, 3.05) is 0 Å². The first-order valence-corrected chi connectivity index (χ1v) is 3.50. The quantitative estimate of drug-likeness (QED) is 0.313. The molecule has 0 aliphatic carbocycles. The van der Waals surface area contributed by atoms with Crippen molar-refractivity contribution >= 4 is 11.9 Å². The maximum atomic E-state index is 9.15. The van der Waals surface area contributed by atoms with Crippen LogP contribution in [0, 0.1) is 0 Å². The Labute approximate surface area is 77.5 Å². The summed E-state index contributed by atoms with van der Waals surface area (Å²) in [5.74, 6) is -3.85. The Balaban J connectivity index is 4.01. The average molecular weight is 200 g/mol. The van der Waals surface area contributed by atoms with Gasteiger partial charge in [0.2, 0.25) is 0 Å². The van der Waals surface area contributed by atoms with Gasteiger partial charge in [-0.2, -0.15) is 0 Å². The first-order chi connectivity index (χ1) is 6.45. The zero-order chi connectivity index (χ0) is 10.9. The van der Waals surface area contributed by atoms with Gasteiger partial charge in [0, 0.05) is 0 Å². The third-order valence-corrected chi connectivity index (χ3v) is 1.61. The van der Waals surface area contributed by atoms with Gasteiger partial charge in [-0.25, -0.2) is 0 Å². The lowest BCUT2D eigenvalue weighted by Gasteiger charge is -1.99. The molecule has 76 valence electrons. The van der Waals surface area contributed by atoms with Gasteiger partial charge in [-0.3, -0.25) is 0 Å². The van der Waals surface area contributed by atoms with Crippen LogP contribution >= 0.6 is 0 Å². The van der Waals surface area contributed by atoms with Crippen LogP contribution in [0.1, 0.15) is 0 Å². The van der Waals surface area contributed by atoms with Crippen molar-refractivity contribution < 1.29 is 30.6 Å². The summed E-state index contributed by atoms with van der Waals surface area (Å²) in [5, 5.41) is 51.9. The van der Waals surface area contributed by atoms with Gasteiger partial charge in [-0.15, -0.1) is 0 Å². The molecule has 14 heavy (non-hydrogen) atoms. The molecule has 0 saturated carbocycles. The number of aromatic hydroxyl groups is 2. The molecule has 0 radical (unpaired) electrons. The summed E-state index contributed by atoms with van der Waals surface area (Å²) in [6, 6.07) is 1.95. The lowest BCUT2D eigenvalue weighted by atomic mass is 10.2.